The van der Waals surface area contributed by atoms with Gasteiger partial charge in [-0.2, -0.15) is 0 Å². The maximum atomic E-state index is 11.9. The van der Waals surface area contributed by atoms with E-state index in [1.165, 1.54) is 18.2 Å². The molecule has 2 N–H and O–H groups in total. The van der Waals surface area contributed by atoms with Gasteiger partial charge in [-0.3, -0.25) is 14.9 Å². The maximum Gasteiger partial charge on any atom is 0.302 e. The van der Waals surface area contributed by atoms with Crippen molar-refractivity contribution in [3.05, 3.63) is 57.6 Å². The highest BCUT2D eigenvalue weighted by Gasteiger charge is 2.15. The number of H-pyrrole nitrogens is 1. The average Bonchev–Trinajstić information content (AvgIpc) is 2.93. The molecule has 0 aliphatic rings. The van der Waals surface area contributed by atoms with E-state index < -0.39 is 10.8 Å². The molecule has 0 bridgehead atoms. The molecule has 1 heterocycles. The second-order valence-electron chi connectivity index (χ2n) is 5.96. The van der Waals surface area contributed by atoms with Gasteiger partial charge in [0.15, 0.2) is 12.3 Å². The van der Waals surface area contributed by atoms with Crippen LogP contribution in [0.5, 0.6) is 11.6 Å². The number of aryl methyl sites for hydroxylation is 2. The average molecular weight is 368 g/mol. The van der Waals surface area contributed by atoms with Crippen LogP contribution >= 0.6 is 0 Å². The highest BCUT2D eigenvalue weighted by atomic mass is 16.6. The molecule has 0 radical (unpaired) electrons. The van der Waals surface area contributed by atoms with Crippen LogP contribution in [0.15, 0.2) is 46.6 Å². The predicted octanol–water partition coefficient (Wildman–Crippen LogP) is 4.09. The Bertz CT molecular complexity index is 1070. The van der Waals surface area contributed by atoms with Gasteiger partial charge in [0.05, 0.1) is 10.4 Å². The van der Waals surface area contributed by atoms with Crippen molar-refractivity contribution < 1.29 is 19.6 Å². The van der Waals surface area contributed by atoms with E-state index in [4.69, 9.17) is 4.74 Å². The third-order valence-electron chi connectivity index (χ3n) is 3.89. The van der Waals surface area contributed by atoms with Crippen molar-refractivity contribution >= 4 is 28.2 Å². The number of aromatic hydroxyl groups is 1. The predicted molar refractivity (Wildman–Crippen MR) is 97.6 cm³/mol. The minimum Gasteiger partial charge on any atom is -0.493 e. The van der Waals surface area contributed by atoms with Gasteiger partial charge in [0.2, 0.25) is 5.88 Å². The van der Waals surface area contributed by atoms with Crippen LogP contribution in [0, 0.1) is 24.0 Å². The molecule has 1 aromatic heterocycles. The highest BCUT2D eigenvalue weighted by Crippen LogP contribution is 2.37. The number of nitrogens with zero attached hydrogens (tertiary/aromatic N) is 3. The molecule has 2 aromatic carbocycles. The van der Waals surface area contributed by atoms with Gasteiger partial charge in [-0.05, 0) is 31.5 Å². The zero-order valence-electron chi connectivity index (χ0n) is 14.6. The van der Waals surface area contributed by atoms with Crippen molar-refractivity contribution in [3.8, 4) is 11.6 Å². The van der Waals surface area contributed by atoms with E-state index in [-0.39, 0.29) is 29.2 Å². The quantitative estimate of drug-likeness (QED) is 0.398. The molecule has 0 fully saturated rings. The van der Waals surface area contributed by atoms with Crippen LogP contribution in [-0.2, 0) is 4.79 Å². The molecule has 0 saturated carbocycles. The van der Waals surface area contributed by atoms with Gasteiger partial charge in [0.1, 0.15) is 5.75 Å². The van der Waals surface area contributed by atoms with Gasteiger partial charge < -0.3 is 14.8 Å². The molecule has 27 heavy (non-hydrogen) atoms. The number of ether oxygens (including phenoxy) is 1. The smallest absolute Gasteiger partial charge is 0.302 e. The van der Waals surface area contributed by atoms with Crippen molar-refractivity contribution in [3.63, 3.8) is 0 Å². The van der Waals surface area contributed by atoms with Gasteiger partial charge in [0.25, 0.3) is 5.69 Å². The van der Waals surface area contributed by atoms with Crippen molar-refractivity contribution in [1.82, 2.24) is 4.98 Å². The van der Waals surface area contributed by atoms with Gasteiger partial charge in [0, 0.05) is 17.5 Å². The zero-order valence-corrected chi connectivity index (χ0v) is 14.6. The van der Waals surface area contributed by atoms with Crippen LogP contribution in [0.4, 0.5) is 11.4 Å². The summed E-state index contributed by atoms with van der Waals surface area (Å²) in [6, 6.07) is 9.54. The number of fused-ring (bicyclic) bond motifs is 1. The molecule has 138 valence electrons. The van der Waals surface area contributed by atoms with Crippen LogP contribution < -0.4 is 4.74 Å². The van der Waals surface area contributed by atoms with Crippen LogP contribution in [-0.4, -0.2) is 27.5 Å². The molecular formula is C18H16N4O5. The number of hydrogen-bond donors (Lipinski definition) is 2. The van der Waals surface area contributed by atoms with E-state index in [9.17, 15) is 20.0 Å². The van der Waals surface area contributed by atoms with Crippen molar-refractivity contribution in [2.75, 3.05) is 6.61 Å². The number of amides is 1. The number of rotatable bonds is 5. The van der Waals surface area contributed by atoms with Gasteiger partial charge >= 0.3 is 5.91 Å². The Morgan fingerprint density at radius 2 is 2.04 bits per heavy atom. The minimum absolute atomic E-state index is 0.0476. The number of non-ortho nitro benzene ring substituents is 1. The fourth-order valence-electron chi connectivity index (χ4n) is 2.60. The first-order valence-electron chi connectivity index (χ1n) is 7.99. The van der Waals surface area contributed by atoms with E-state index >= 15 is 0 Å². The standard InChI is InChI=1S/C18H16N4O5/c1-10-3-6-15(11(2)7-10)27-9-16(23)20-21-17-13-8-12(22(25)26)4-5-14(13)19-18(17)24/h3-8,19,24H,9H2,1-2H3. The molecule has 0 atom stereocenters. The topological polar surface area (TPSA) is 130 Å². The molecule has 0 aliphatic carbocycles. The van der Waals surface area contributed by atoms with E-state index in [0.717, 1.165) is 11.1 Å². The Hall–Kier alpha value is -3.75. The van der Waals surface area contributed by atoms with Crippen LogP contribution in [0.1, 0.15) is 11.1 Å². The molecule has 0 aliphatic heterocycles. The summed E-state index contributed by atoms with van der Waals surface area (Å²) in [4.78, 5) is 24.9. The summed E-state index contributed by atoms with van der Waals surface area (Å²) in [5.41, 5.74) is 2.19. The zero-order chi connectivity index (χ0) is 19.6. The molecular weight excluding hydrogens is 352 g/mol. The third kappa shape index (κ3) is 3.92. The number of hydrogen-bond acceptors (Lipinski definition) is 6. The Morgan fingerprint density at radius 3 is 2.74 bits per heavy atom. The van der Waals surface area contributed by atoms with Gasteiger partial charge in [-0.1, -0.05) is 17.7 Å². The Labute approximate surface area is 153 Å². The van der Waals surface area contributed by atoms with Gasteiger partial charge in [-0.15, -0.1) is 10.2 Å². The monoisotopic (exact) mass is 368 g/mol. The van der Waals surface area contributed by atoms with Crippen molar-refractivity contribution in [2.24, 2.45) is 10.2 Å². The summed E-state index contributed by atoms with van der Waals surface area (Å²) in [5, 5.41) is 28.4. The number of nitrogens with one attached hydrogen (secondary N) is 1. The largest absolute Gasteiger partial charge is 0.493 e. The first-order valence-corrected chi connectivity index (χ1v) is 7.99. The van der Waals surface area contributed by atoms with E-state index in [0.29, 0.717) is 11.3 Å². The number of carbonyl (C=O) groups excluding carboxylic acids is 1. The van der Waals surface area contributed by atoms with E-state index in [1.54, 1.807) is 6.07 Å². The lowest BCUT2D eigenvalue weighted by molar-refractivity contribution is -0.384. The lowest BCUT2D eigenvalue weighted by atomic mass is 10.1. The summed E-state index contributed by atoms with van der Waals surface area (Å²) >= 11 is 0. The Balaban J connectivity index is 1.76. The number of aromatic nitrogens is 1. The number of benzene rings is 2. The van der Waals surface area contributed by atoms with Crippen LogP contribution in [0.3, 0.4) is 0 Å². The second-order valence-corrected chi connectivity index (χ2v) is 5.96. The number of nitro groups is 1. The maximum absolute atomic E-state index is 11.9. The number of nitro benzene ring substituents is 1. The fourth-order valence-corrected chi connectivity index (χ4v) is 2.60. The summed E-state index contributed by atoms with van der Waals surface area (Å²) in [6.45, 7) is 3.50. The summed E-state index contributed by atoms with van der Waals surface area (Å²) in [7, 11) is 0. The molecule has 0 unspecified atom stereocenters. The van der Waals surface area contributed by atoms with Crippen molar-refractivity contribution in [1.29, 1.82) is 0 Å². The lowest BCUT2D eigenvalue weighted by Crippen LogP contribution is -2.08. The van der Waals surface area contributed by atoms with Crippen LogP contribution in [0.2, 0.25) is 0 Å². The molecule has 9 nitrogen and oxygen atoms in total. The second kappa shape index (κ2) is 7.24. The van der Waals surface area contributed by atoms with Crippen LogP contribution in [0.25, 0.3) is 10.9 Å². The van der Waals surface area contributed by atoms with Crippen molar-refractivity contribution in [2.45, 2.75) is 13.8 Å². The van der Waals surface area contributed by atoms with E-state index in [1.807, 2.05) is 26.0 Å². The van der Waals surface area contributed by atoms with Gasteiger partial charge in [-0.25, -0.2) is 0 Å². The molecule has 0 spiro atoms. The number of aromatic amines is 1. The Kier molecular flexibility index (Phi) is 4.84. The Morgan fingerprint density at radius 1 is 1.26 bits per heavy atom. The highest BCUT2D eigenvalue weighted by molar-refractivity contribution is 5.95. The summed E-state index contributed by atoms with van der Waals surface area (Å²) in [6.07, 6.45) is 0. The minimum atomic E-state index is -0.658. The normalized spacial score (nSPS) is 11.2. The first kappa shape index (κ1) is 18.1. The van der Waals surface area contributed by atoms with E-state index in [2.05, 4.69) is 15.2 Å². The first-order chi connectivity index (χ1) is 12.8. The number of carbonyl (C=O) groups is 1. The molecule has 9 heteroatoms. The lowest BCUT2D eigenvalue weighted by Gasteiger charge is -2.07. The fraction of sp³-hybridized carbons (Fsp3) is 0.167. The molecule has 3 rings (SSSR count). The third-order valence-corrected chi connectivity index (χ3v) is 3.89. The number of azo groups is 1. The summed E-state index contributed by atoms with van der Waals surface area (Å²) in [5.74, 6) is -0.429. The molecule has 1 amide bonds. The SMILES string of the molecule is Cc1ccc(OCC(=O)N=Nc2c(O)[nH]c3ccc([N+](=O)[O-])cc23)c(C)c1. The summed E-state index contributed by atoms with van der Waals surface area (Å²) < 4.78 is 5.43. The molecule has 0 saturated heterocycles. The molecule has 3 aromatic rings.